The summed E-state index contributed by atoms with van der Waals surface area (Å²) < 4.78 is 12.5. The molecule has 5 heteroatoms. The van der Waals surface area contributed by atoms with Crippen LogP contribution in [0.2, 0.25) is 0 Å². The van der Waals surface area contributed by atoms with Gasteiger partial charge in [-0.05, 0) is 85.1 Å². The zero-order chi connectivity index (χ0) is 24.8. The average molecular weight is 478 g/mol. The van der Waals surface area contributed by atoms with Gasteiger partial charge in [0.1, 0.15) is 0 Å². The standard InChI is InChI=1S/C30H39NO4/c1-5-35-19-30(34-4)15-13-26-28(2)14-12-22-16-23(32)10-11-24(22)27(28)25(17-29(26,30)3)21-8-6-20(7-9-21)18-31-33/h6-9,16,18,25-26,33H,5,10-15,17,19H2,1-4H3/b31-18+/t25-,26+,28+,29+,30-/m1/s1. The summed E-state index contributed by atoms with van der Waals surface area (Å²) in [5.74, 6) is 1.03. The molecule has 0 bridgehead atoms. The van der Waals surface area contributed by atoms with Gasteiger partial charge in [0.15, 0.2) is 5.78 Å². The molecule has 0 heterocycles. The summed E-state index contributed by atoms with van der Waals surface area (Å²) in [6.07, 6.45) is 10.1. The van der Waals surface area contributed by atoms with Crippen LogP contribution in [0.4, 0.5) is 0 Å². The maximum atomic E-state index is 12.3. The van der Waals surface area contributed by atoms with Gasteiger partial charge in [-0.1, -0.05) is 48.8 Å². The molecule has 2 fully saturated rings. The molecule has 1 aromatic rings. The molecule has 5 rings (SSSR count). The molecule has 0 aromatic heterocycles. The molecule has 0 amide bonds. The lowest BCUT2D eigenvalue weighted by atomic mass is 9.45. The Kier molecular flexibility index (Phi) is 6.29. The number of methoxy groups -OCH3 is 1. The molecule has 0 spiro atoms. The van der Waals surface area contributed by atoms with Gasteiger partial charge in [-0.3, -0.25) is 4.79 Å². The van der Waals surface area contributed by atoms with Gasteiger partial charge in [0.25, 0.3) is 0 Å². The molecule has 188 valence electrons. The predicted molar refractivity (Wildman–Crippen MR) is 137 cm³/mol. The van der Waals surface area contributed by atoms with Crippen molar-refractivity contribution in [2.24, 2.45) is 21.9 Å². The van der Waals surface area contributed by atoms with Crippen LogP contribution in [0.5, 0.6) is 0 Å². The van der Waals surface area contributed by atoms with Crippen molar-refractivity contribution in [3.05, 3.63) is 58.2 Å². The molecular formula is C30H39NO4. The van der Waals surface area contributed by atoms with Crippen molar-refractivity contribution in [1.82, 2.24) is 0 Å². The highest BCUT2D eigenvalue weighted by molar-refractivity contribution is 5.93. The first-order chi connectivity index (χ1) is 16.8. The van der Waals surface area contributed by atoms with Crippen molar-refractivity contribution < 1.29 is 19.5 Å². The number of rotatable bonds is 6. The summed E-state index contributed by atoms with van der Waals surface area (Å²) in [5, 5.41) is 12.2. The van der Waals surface area contributed by atoms with E-state index in [-0.39, 0.29) is 28.1 Å². The lowest BCUT2D eigenvalue weighted by Gasteiger charge is -2.60. The average Bonchev–Trinajstić information content (AvgIpc) is 3.16. The van der Waals surface area contributed by atoms with Gasteiger partial charge >= 0.3 is 0 Å². The number of carbonyl (C=O) groups is 1. The first-order valence-corrected chi connectivity index (χ1v) is 13.2. The zero-order valence-corrected chi connectivity index (χ0v) is 21.6. The van der Waals surface area contributed by atoms with Crippen LogP contribution >= 0.6 is 0 Å². The van der Waals surface area contributed by atoms with Crippen molar-refractivity contribution in [3.63, 3.8) is 0 Å². The minimum Gasteiger partial charge on any atom is -0.411 e. The van der Waals surface area contributed by atoms with E-state index in [0.717, 1.165) is 44.1 Å². The van der Waals surface area contributed by atoms with Gasteiger partial charge in [-0.25, -0.2) is 0 Å². The normalized spacial score (nSPS) is 36.7. The van der Waals surface area contributed by atoms with Crippen LogP contribution < -0.4 is 0 Å². The second-order valence-electron chi connectivity index (χ2n) is 11.5. The van der Waals surface area contributed by atoms with Crippen LogP contribution in [-0.2, 0) is 14.3 Å². The van der Waals surface area contributed by atoms with Gasteiger partial charge in [-0.15, -0.1) is 0 Å². The maximum absolute atomic E-state index is 12.3. The Morgan fingerprint density at radius 3 is 2.60 bits per heavy atom. The Hall–Kier alpha value is -2.24. The Bertz CT molecular complexity index is 1090. The number of hydrogen-bond donors (Lipinski definition) is 1. The fourth-order valence-corrected chi connectivity index (χ4v) is 8.38. The van der Waals surface area contributed by atoms with Crippen LogP contribution in [0.1, 0.15) is 82.8 Å². The van der Waals surface area contributed by atoms with Crippen molar-refractivity contribution in [3.8, 4) is 0 Å². The second kappa shape index (κ2) is 9.01. The summed E-state index contributed by atoms with van der Waals surface area (Å²) in [5.41, 5.74) is 6.19. The molecule has 5 nitrogen and oxygen atoms in total. The lowest BCUT2D eigenvalue weighted by molar-refractivity contribution is -0.162. The number of nitrogens with zero attached hydrogens (tertiary/aromatic N) is 1. The van der Waals surface area contributed by atoms with E-state index in [9.17, 15) is 4.79 Å². The molecule has 0 radical (unpaired) electrons. The summed E-state index contributed by atoms with van der Waals surface area (Å²) in [7, 11) is 1.87. The number of fused-ring (bicyclic) bond motifs is 4. The summed E-state index contributed by atoms with van der Waals surface area (Å²) in [4.78, 5) is 12.3. The molecule has 0 saturated heterocycles. The monoisotopic (exact) mass is 477 g/mol. The van der Waals surface area contributed by atoms with Crippen LogP contribution in [0.25, 0.3) is 0 Å². The largest absolute Gasteiger partial charge is 0.411 e. The number of allylic oxidation sites excluding steroid dienone is 4. The molecule has 0 unspecified atom stereocenters. The first-order valence-electron chi connectivity index (χ1n) is 13.2. The molecular weight excluding hydrogens is 438 g/mol. The Morgan fingerprint density at radius 1 is 1.14 bits per heavy atom. The Morgan fingerprint density at radius 2 is 1.91 bits per heavy atom. The van der Waals surface area contributed by atoms with Crippen LogP contribution in [0.15, 0.2) is 52.2 Å². The number of benzene rings is 1. The van der Waals surface area contributed by atoms with Crippen molar-refractivity contribution in [2.45, 2.75) is 77.2 Å². The molecule has 2 saturated carbocycles. The zero-order valence-electron chi connectivity index (χ0n) is 21.6. The van der Waals surface area contributed by atoms with Gasteiger partial charge in [0.05, 0.1) is 18.4 Å². The fourth-order valence-electron chi connectivity index (χ4n) is 8.38. The molecule has 1 N–H and O–H groups in total. The smallest absolute Gasteiger partial charge is 0.156 e. The Balaban J connectivity index is 1.68. The number of oxime groups is 1. The minimum atomic E-state index is -0.298. The van der Waals surface area contributed by atoms with E-state index in [2.05, 4.69) is 38.1 Å². The van der Waals surface area contributed by atoms with Gasteiger partial charge in [-0.2, -0.15) is 0 Å². The lowest BCUT2D eigenvalue weighted by Crippen LogP contribution is -2.57. The molecule has 4 aliphatic carbocycles. The third-order valence-corrected chi connectivity index (χ3v) is 10.1. The van der Waals surface area contributed by atoms with E-state index in [1.54, 1.807) is 5.57 Å². The maximum Gasteiger partial charge on any atom is 0.156 e. The third kappa shape index (κ3) is 3.65. The fraction of sp³-hybridized carbons (Fsp3) is 0.600. The van der Waals surface area contributed by atoms with Crippen LogP contribution in [0, 0.1) is 16.7 Å². The summed E-state index contributed by atoms with van der Waals surface area (Å²) >= 11 is 0. The number of ether oxygens (including phenoxy) is 2. The van der Waals surface area contributed by atoms with Gasteiger partial charge < -0.3 is 14.7 Å². The molecule has 1 aromatic carbocycles. The molecule has 35 heavy (non-hydrogen) atoms. The SMILES string of the molecule is CCOC[C@]1(OC)CC[C@@H]2[C@]1(C)C[C@H](c1ccc(/C=N/O)cc1)C1=C3CCC(=O)C=C3CC[C@]12C. The minimum absolute atomic E-state index is 0.0304. The van der Waals surface area contributed by atoms with E-state index in [0.29, 0.717) is 25.6 Å². The summed E-state index contributed by atoms with van der Waals surface area (Å²) in [6, 6.07) is 8.46. The van der Waals surface area contributed by atoms with E-state index in [1.165, 1.54) is 22.9 Å². The quantitative estimate of drug-likeness (QED) is 0.301. The highest BCUT2D eigenvalue weighted by Crippen LogP contribution is 2.71. The van der Waals surface area contributed by atoms with E-state index < -0.39 is 0 Å². The van der Waals surface area contributed by atoms with Crippen molar-refractivity contribution in [1.29, 1.82) is 0 Å². The third-order valence-electron chi connectivity index (χ3n) is 10.1. The number of hydrogen-bond acceptors (Lipinski definition) is 5. The predicted octanol–water partition coefficient (Wildman–Crippen LogP) is 6.21. The number of carbonyl (C=O) groups excluding carboxylic acids is 1. The highest BCUT2D eigenvalue weighted by atomic mass is 16.5. The van der Waals surface area contributed by atoms with Crippen molar-refractivity contribution in [2.75, 3.05) is 20.3 Å². The topological polar surface area (TPSA) is 68.1 Å². The summed E-state index contributed by atoms with van der Waals surface area (Å²) in [6.45, 7) is 8.33. The molecule has 0 aliphatic heterocycles. The molecule has 4 aliphatic rings. The first kappa shape index (κ1) is 24.5. The van der Waals surface area contributed by atoms with Crippen molar-refractivity contribution >= 4 is 12.0 Å². The van der Waals surface area contributed by atoms with Crippen LogP contribution in [-0.4, -0.2) is 43.1 Å². The van der Waals surface area contributed by atoms with Gasteiger partial charge in [0.2, 0.25) is 0 Å². The highest BCUT2D eigenvalue weighted by Gasteiger charge is 2.67. The van der Waals surface area contributed by atoms with E-state index in [4.69, 9.17) is 14.7 Å². The van der Waals surface area contributed by atoms with Gasteiger partial charge in [0, 0.05) is 31.5 Å². The van der Waals surface area contributed by atoms with E-state index >= 15 is 0 Å². The van der Waals surface area contributed by atoms with Crippen LogP contribution in [0.3, 0.4) is 0 Å². The second-order valence-corrected chi connectivity index (χ2v) is 11.5. The number of ketones is 1. The Labute approximate surface area is 209 Å². The molecule has 5 atom stereocenters. The van der Waals surface area contributed by atoms with E-state index in [1.807, 2.05) is 25.3 Å².